The zero-order chi connectivity index (χ0) is 20.1. The van der Waals surface area contributed by atoms with E-state index in [2.05, 4.69) is 51.6 Å². The molecule has 0 saturated carbocycles. The van der Waals surface area contributed by atoms with E-state index in [1.807, 2.05) is 35.2 Å². The molecule has 3 aromatic rings. The molecule has 1 aliphatic heterocycles. The summed E-state index contributed by atoms with van der Waals surface area (Å²) in [5, 5.41) is 13.6. The Labute approximate surface area is 175 Å². The first kappa shape index (κ1) is 19.6. The number of nitrogens with one attached hydrogen (secondary N) is 1. The Hall–Kier alpha value is -2.67. The van der Waals surface area contributed by atoms with E-state index in [-0.39, 0.29) is 17.9 Å². The summed E-state index contributed by atoms with van der Waals surface area (Å²) in [7, 11) is 0. The van der Waals surface area contributed by atoms with Gasteiger partial charge in [0, 0.05) is 31.5 Å². The predicted octanol–water partition coefficient (Wildman–Crippen LogP) is 3.68. The van der Waals surface area contributed by atoms with Crippen molar-refractivity contribution in [2.75, 3.05) is 18.0 Å². The number of anilines is 1. The lowest BCUT2D eigenvalue weighted by Crippen LogP contribution is -2.45. The topological polar surface area (TPSA) is 63.1 Å². The number of carbonyl (C=O) groups excluding carboxylic acids is 1. The monoisotopic (exact) mass is 409 g/mol. The van der Waals surface area contributed by atoms with Gasteiger partial charge in [-0.2, -0.15) is 0 Å². The van der Waals surface area contributed by atoms with Gasteiger partial charge in [-0.3, -0.25) is 9.36 Å². The van der Waals surface area contributed by atoms with E-state index in [0.29, 0.717) is 6.54 Å². The number of benzene rings is 1. The van der Waals surface area contributed by atoms with Crippen molar-refractivity contribution in [3.63, 3.8) is 0 Å². The van der Waals surface area contributed by atoms with Gasteiger partial charge in [-0.25, -0.2) is 0 Å². The van der Waals surface area contributed by atoms with Crippen LogP contribution < -0.4 is 10.2 Å². The Morgan fingerprint density at radius 3 is 2.72 bits per heavy atom. The normalized spacial score (nSPS) is 17.8. The van der Waals surface area contributed by atoms with E-state index < -0.39 is 0 Å². The fraction of sp³-hybridized carbons (Fsp3) is 0.409. The van der Waals surface area contributed by atoms with Gasteiger partial charge >= 0.3 is 0 Å². The highest BCUT2D eigenvalue weighted by atomic mass is 32.1. The van der Waals surface area contributed by atoms with Crippen LogP contribution in [0.2, 0.25) is 0 Å². The van der Waals surface area contributed by atoms with Gasteiger partial charge < -0.3 is 10.2 Å². The summed E-state index contributed by atoms with van der Waals surface area (Å²) in [6.45, 7) is 3.72. The van der Waals surface area contributed by atoms with Gasteiger partial charge in [0.2, 0.25) is 16.2 Å². The van der Waals surface area contributed by atoms with E-state index in [1.54, 1.807) is 11.3 Å². The molecular weight excluding hydrogens is 382 g/mol. The standard InChI is InChI=1S/C22H27N5OS/c1-17(11-12-18-8-3-2-4-9-18)23-20(28)19-10-7-15-27(16-19)22-25-24-21(29-22)26-13-5-6-14-26/h2-6,8-9,13-14,17,19H,7,10-12,15-16H2,1H3,(H,23,28)/t17-,19+/m1/s1. The number of aryl methyl sites for hydroxylation is 1. The van der Waals surface area contributed by atoms with Crippen LogP contribution >= 0.6 is 11.3 Å². The van der Waals surface area contributed by atoms with Gasteiger partial charge in [0.05, 0.1) is 5.92 Å². The first-order chi connectivity index (χ1) is 14.2. The van der Waals surface area contributed by atoms with Crippen LogP contribution in [0.15, 0.2) is 54.9 Å². The maximum atomic E-state index is 12.8. The van der Waals surface area contributed by atoms with E-state index in [4.69, 9.17) is 0 Å². The third kappa shape index (κ3) is 5.03. The molecule has 1 aliphatic rings. The highest BCUT2D eigenvalue weighted by molar-refractivity contribution is 7.17. The largest absolute Gasteiger partial charge is 0.353 e. The van der Waals surface area contributed by atoms with Gasteiger partial charge in [0.25, 0.3) is 0 Å². The first-order valence-electron chi connectivity index (χ1n) is 10.2. The minimum Gasteiger partial charge on any atom is -0.353 e. The molecule has 4 rings (SSSR count). The molecule has 1 aromatic carbocycles. The lowest BCUT2D eigenvalue weighted by atomic mass is 9.96. The highest BCUT2D eigenvalue weighted by Crippen LogP contribution is 2.28. The lowest BCUT2D eigenvalue weighted by molar-refractivity contribution is -0.125. The van der Waals surface area contributed by atoms with Crippen molar-refractivity contribution in [1.82, 2.24) is 20.1 Å². The van der Waals surface area contributed by atoms with Crippen LogP contribution in [0, 0.1) is 5.92 Å². The van der Waals surface area contributed by atoms with Crippen molar-refractivity contribution in [2.24, 2.45) is 5.92 Å². The average Bonchev–Trinajstić information content (AvgIpc) is 3.45. The van der Waals surface area contributed by atoms with Gasteiger partial charge in [0.1, 0.15) is 0 Å². The molecule has 1 saturated heterocycles. The molecule has 0 radical (unpaired) electrons. The predicted molar refractivity (Wildman–Crippen MR) is 117 cm³/mol. The number of nitrogens with zero attached hydrogens (tertiary/aromatic N) is 4. The maximum Gasteiger partial charge on any atom is 0.225 e. The Bertz CT molecular complexity index is 908. The second kappa shape index (κ2) is 9.22. The summed E-state index contributed by atoms with van der Waals surface area (Å²) in [5.41, 5.74) is 1.31. The van der Waals surface area contributed by atoms with Crippen molar-refractivity contribution in [3.05, 3.63) is 60.4 Å². The number of hydrogen-bond acceptors (Lipinski definition) is 5. The molecule has 0 bridgehead atoms. The minimum atomic E-state index is 0.00172. The van der Waals surface area contributed by atoms with Crippen LogP contribution in [-0.4, -0.2) is 39.8 Å². The summed E-state index contributed by atoms with van der Waals surface area (Å²) in [6, 6.07) is 14.5. The van der Waals surface area contributed by atoms with Crippen LogP contribution in [0.1, 0.15) is 31.7 Å². The van der Waals surface area contributed by atoms with Crippen LogP contribution in [0.5, 0.6) is 0 Å². The lowest BCUT2D eigenvalue weighted by Gasteiger charge is -2.32. The molecule has 1 N–H and O–H groups in total. The number of aromatic nitrogens is 3. The van der Waals surface area contributed by atoms with Crippen LogP contribution in [0.4, 0.5) is 5.13 Å². The zero-order valence-corrected chi connectivity index (χ0v) is 17.5. The average molecular weight is 410 g/mol. The summed E-state index contributed by atoms with van der Waals surface area (Å²) in [6.07, 6.45) is 7.78. The molecule has 1 amide bonds. The second-order valence-electron chi connectivity index (χ2n) is 7.68. The molecule has 1 fully saturated rings. The van der Waals surface area contributed by atoms with Crippen molar-refractivity contribution < 1.29 is 4.79 Å². The second-order valence-corrected chi connectivity index (χ2v) is 8.61. The molecule has 7 heteroatoms. The zero-order valence-electron chi connectivity index (χ0n) is 16.7. The molecular formula is C22H27N5OS. The van der Waals surface area contributed by atoms with Crippen LogP contribution in [0.25, 0.3) is 5.13 Å². The number of amides is 1. The Kier molecular flexibility index (Phi) is 6.24. The van der Waals surface area contributed by atoms with E-state index >= 15 is 0 Å². The van der Waals surface area contributed by atoms with E-state index in [0.717, 1.165) is 42.5 Å². The number of piperidine rings is 1. The summed E-state index contributed by atoms with van der Waals surface area (Å²) >= 11 is 1.57. The summed E-state index contributed by atoms with van der Waals surface area (Å²) in [5.74, 6) is 0.160. The van der Waals surface area contributed by atoms with Gasteiger partial charge in [-0.15, -0.1) is 10.2 Å². The molecule has 6 nitrogen and oxygen atoms in total. The third-order valence-corrected chi connectivity index (χ3v) is 6.39. The smallest absolute Gasteiger partial charge is 0.225 e. The highest BCUT2D eigenvalue weighted by Gasteiger charge is 2.28. The Balaban J connectivity index is 1.30. The number of hydrogen-bond donors (Lipinski definition) is 1. The van der Waals surface area contributed by atoms with Crippen molar-refractivity contribution in [3.8, 4) is 5.13 Å². The Morgan fingerprint density at radius 2 is 1.93 bits per heavy atom. The van der Waals surface area contributed by atoms with Gasteiger partial charge in [0.15, 0.2) is 0 Å². The van der Waals surface area contributed by atoms with Crippen molar-refractivity contribution in [1.29, 1.82) is 0 Å². The van der Waals surface area contributed by atoms with Crippen LogP contribution in [0.3, 0.4) is 0 Å². The summed E-state index contributed by atoms with van der Waals surface area (Å²) < 4.78 is 1.96. The van der Waals surface area contributed by atoms with Crippen molar-refractivity contribution in [2.45, 2.75) is 38.6 Å². The molecule has 29 heavy (non-hydrogen) atoms. The first-order valence-corrected chi connectivity index (χ1v) is 11.1. The van der Waals surface area contributed by atoms with Crippen LogP contribution in [-0.2, 0) is 11.2 Å². The number of rotatable bonds is 7. The molecule has 0 spiro atoms. The van der Waals surface area contributed by atoms with Gasteiger partial charge in [-0.05, 0) is 50.3 Å². The number of carbonyl (C=O) groups is 1. The third-order valence-electron chi connectivity index (χ3n) is 5.39. The molecule has 152 valence electrons. The maximum absolute atomic E-state index is 12.8. The molecule has 2 atom stereocenters. The molecule has 3 heterocycles. The fourth-order valence-electron chi connectivity index (χ4n) is 3.73. The van der Waals surface area contributed by atoms with E-state index in [1.165, 1.54) is 5.56 Å². The Morgan fingerprint density at radius 1 is 1.17 bits per heavy atom. The van der Waals surface area contributed by atoms with Gasteiger partial charge in [-0.1, -0.05) is 41.7 Å². The SMILES string of the molecule is C[C@H](CCc1ccccc1)NC(=O)[C@H]1CCCN(c2nnc(-n3cccc3)s2)C1. The molecule has 2 aromatic heterocycles. The minimum absolute atomic E-state index is 0.00172. The fourth-order valence-corrected chi connectivity index (χ4v) is 4.58. The van der Waals surface area contributed by atoms with Crippen molar-refractivity contribution >= 4 is 22.4 Å². The van der Waals surface area contributed by atoms with E-state index in [9.17, 15) is 4.79 Å². The summed E-state index contributed by atoms with van der Waals surface area (Å²) in [4.78, 5) is 15.0. The molecule has 0 aliphatic carbocycles. The quantitative estimate of drug-likeness (QED) is 0.647. The molecule has 0 unspecified atom stereocenters.